The molecule has 0 fully saturated rings. The average molecular weight is 360 g/mol. The number of hydrogen-bond donors (Lipinski definition) is 1. The lowest BCUT2D eigenvalue weighted by molar-refractivity contribution is 0.102. The van der Waals surface area contributed by atoms with Gasteiger partial charge in [-0.2, -0.15) is 0 Å². The molecule has 2 heterocycles. The molecule has 0 saturated carbocycles. The monoisotopic (exact) mass is 360 g/mol. The van der Waals surface area contributed by atoms with Crippen LogP contribution in [0.4, 0.5) is 5.69 Å². The van der Waals surface area contributed by atoms with Gasteiger partial charge in [-0.25, -0.2) is 0 Å². The Morgan fingerprint density at radius 3 is 2.44 bits per heavy atom. The van der Waals surface area contributed by atoms with Gasteiger partial charge in [-0.05, 0) is 56.2 Å². The first-order valence-electron chi connectivity index (χ1n) is 9.61. The van der Waals surface area contributed by atoms with Crippen molar-refractivity contribution in [2.45, 2.75) is 45.6 Å². The highest BCUT2D eigenvalue weighted by atomic mass is 16.1. The van der Waals surface area contributed by atoms with Crippen molar-refractivity contribution in [1.82, 2.24) is 14.8 Å². The zero-order valence-electron chi connectivity index (χ0n) is 15.6. The third-order valence-corrected chi connectivity index (χ3v) is 5.07. The van der Waals surface area contributed by atoms with E-state index in [2.05, 4.69) is 20.1 Å². The number of anilines is 1. The van der Waals surface area contributed by atoms with E-state index in [1.165, 1.54) is 25.7 Å². The molecule has 0 atom stereocenters. The molecule has 5 heteroatoms. The van der Waals surface area contributed by atoms with Crippen molar-refractivity contribution in [2.24, 2.45) is 0 Å². The first-order chi connectivity index (χ1) is 13.2. The summed E-state index contributed by atoms with van der Waals surface area (Å²) in [6, 6.07) is 15.4. The fourth-order valence-electron chi connectivity index (χ4n) is 3.49. The lowest BCUT2D eigenvalue weighted by Gasteiger charge is -2.13. The zero-order valence-corrected chi connectivity index (χ0v) is 15.6. The molecule has 4 rings (SSSR count). The molecule has 1 amide bonds. The van der Waals surface area contributed by atoms with Crippen LogP contribution in [0, 0.1) is 6.92 Å². The van der Waals surface area contributed by atoms with Gasteiger partial charge in [-0.15, -0.1) is 10.2 Å². The molecular formula is C22H24N4O. The summed E-state index contributed by atoms with van der Waals surface area (Å²) >= 11 is 0. The van der Waals surface area contributed by atoms with Crippen molar-refractivity contribution < 1.29 is 4.79 Å². The number of aryl methyl sites for hydroxylation is 2. The average Bonchev–Trinajstić information content (AvgIpc) is 3.04. The number of hydrogen-bond acceptors (Lipinski definition) is 3. The van der Waals surface area contributed by atoms with Gasteiger partial charge in [0.15, 0.2) is 5.82 Å². The van der Waals surface area contributed by atoms with Gasteiger partial charge in [0.2, 0.25) is 0 Å². The Morgan fingerprint density at radius 1 is 0.926 bits per heavy atom. The van der Waals surface area contributed by atoms with Gasteiger partial charge in [0.1, 0.15) is 5.82 Å². The summed E-state index contributed by atoms with van der Waals surface area (Å²) in [5, 5.41) is 11.8. The Morgan fingerprint density at radius 2 is 1.67 bits per heavy atom. The highest BCUT2D eigenvalue weighted by Crippen LogP contribution is 2.24. The Labute approximate surface area is 159 Å². The van der Waals surface area contributed by atoms with E-state index in [1.54, 1.807) is 0 Å². The van der Waals surface area contributed by atoms with Crippen LogP contribution in [-0.4, -0.2) is 20.7 Å². The Bertz CT molecular complexity index is 926. The molecule has 3 aromatic rings. The Hall–Kier alpha value is -2.95. The normalized spacial score (nSPS) is 14.1. The molecule has 0 saturated heterocycles. The summed E-state index contributed by atoms with van der Waals surface area (Å²) in [7, 11) is 0. The van der Waals surface area contributed by atoms with Crippen molar-refractivity contribution in [1.29, 1.82) is 0 Å². The predicted octanol–water partition coefficient (Wildman–Crippen LogP) is 4.62. The van der Waals surface area contributed by atoms with Crippen LogP contribution in [0.15, 0.2) is 48.5 Å². The maximum absolute atomic E-state index is 12.4. The third kappa shape index (κ3) is 3.92. The van der Waals surface area contributed by atoms with Crippen LogP contribution in [-0.2, 0) is 13.0 Å². The standard InChI is InChI=1S/C22H24N4O/c1-16-7-9-18(10-8-16)22(27)23-19-13-11-17(12-14-19)21-25-24-20-6-4-2-3-5-15-26(20)21/h7-14H,2-6,15H2,1H3,(H,23,27). The van der Waals surface area contributed by atoms with Gasteiger partial charge in [0.05, 0.1) is 0 Å². The van der Waals surface area contributed by atoms with Crippen molar-refractivity contribution in [3.05, 3.63) is 65.5 Å². The van der Waals surface area contributed by atoms with Crippen LogP contribution >= 0.6 is 0 Å². The topological polar surface area (TPSA) is 59.8 Å². The molecule has 0 spiro atoms. The van der Waals surface area contributed by atoms with Gasteiger partial charge in [0.25, 0.3) is 5.91 Å². The lowest BCUT2D eigenvalue weighted by atomic mass is 10.1. The minimum atomic E-state index is -0.102. The second kappa shape index (κ2) is 7.74. The molecule has 1 aromatic heterocycles. The van der Waals surface area contributed by atoms with E-state index in [0.29, 0.717) is 5.56 Å². The van der Waals surface area contributed by atoms with E-state index in [4.69, 9.17) is 0 Å². The van der Waals surface area contributed by atoms with Crippen LogP contribution in [0.1, 0.15) is 47.4 Å². The van der Waals surface area contributed by atoms with Crippen molar-refractivity contribution in [2.75, 3.05) is 5.32 Å². The van der Waals surface area contributed by atoms with Crippen molar-refractivity contribution in [3.8, 4) is 11.4 Å². The van der Waals surface area contributed by atoms with Crippen molar-refractivity contribution in [3.63, 3.8) is 0 Å². The van der Waals surface area contributed by atoms with E-state index >= 15 is 0 Å². The molecule has 0 radical (unpaired) electrons. The number of carbonyl (C=O) groups excluding carboxylic acids is 1. The summed E-state index contributed by atoms with van der Waals surface area (Å²) in [4.78, 5) is 12.4. The zero-order chi connectivity index (χ0) is 18.6. The molecular weight excluding hydrogens is 336 g/mol. The maximum Gasteiger partial charge on any atom is 0.255 e. The third-order valence-electron chi connectivity index (χ3n) is 5.07. The van der Waals surface area contributed by atoms with Crippen LogP contribution in [0.25, 0.3) is 11.4 Å². The summed E-state index contributed by atoms with van der Waals surface area (Å²) < 4.78 is 2.25. The number of nitrogens with one attached hydrogen (secondary N) is 1. The van der Waals surface area contributed by atoms with Crippen LogP contribution in [0.2, 0.25) is 0 Å². The van der Waals surface area contributed by atoms with E-state index in [9.17, 15) is 4.79 Å². The molecule has 0 aliphatic carbocycles. The van der Waals surface area contributed by atoms with Crippen LogP contribution in [0.3, 0.4) is 0 Å². The fraction of sp³-hybridized carbons (Fsp3) is 0.318. The Balaban J connectivity index is 1.51. The molecule has 138 valence electrons. The van der Waals surface area contributed by atoms with Gasteiger partial charge in [-0.1, -0.05) is 30.5 Å². The maximum atomic E-state index is 12.4. The lowest BCUT2D eigenvalue weighted by Crippen LogP contribution is -2.11. The van der Waals surface area contributed by atoms with Crippen LogP contribution in [0.5, 0.6) is 0 Å². The Kier molecular flexibility index (Phi) is 5.01. The molecule has 1 aliphatic rings. The molecule has 27 heavy (non-hydrogen) atoms. The SMILES string of the molecule is Cc1ccc(C(=O)Nc2ccc(-c3nnc4n3CCCCCC4)cc2)cc1. The smallest absolute Gasteiger partial charge is 0.255 e. The van der Waals surface area contributed by atoms with Crippen LogP contribution < -0.4 is 5.32 Å². The molecule has 2 aromatic carbocycles. The highest BCUT2D eigenvalue weighted by molar-refractivity contribution is 6.04. The van der Waals surface area contributed by atoms with E-state index in [-0.39, 0.29) is 5.91 Å². The quantitative estimate of drug-likeness (QED) is 0.741. The second-order valence-electron chi connectivity index (χ2n) is 7.15. The summed E-state index contributed by atoms with van der Waals surface area (Å²) in [5.74, 6) is 1.90. The van der Waals surface area contributed by atoms with Gasteiger partial charge >= 0.3 is 0 Å². The minimum absolute atomic E-state index is 0.102. The number of aromatic nitrogens is 3. The number of amides is 1. The van der Waals surface area contributed by atoms with Gasteiger partial charge in [0, 0.05) is 29.8 Å². The predicted molar refractivity (Wildman–Crippen MR) is 107 cm³/mol. The molecule has 1 aliphatic heterocycles. The summed E-state index contributed by atoms with van der Waals surface area (Å²) in [6.07, 6.45) is 5.89. The van der Waals surface area contributed by atoms with E-state index < -0.39 is 0 Å². The van der Waals surface area contributed by atoms with E-state index in [1.807, 2.05) is 55.5 Å². The molecule has 0 unspecified atom stereocenters. The van der Waals surface area contributed by atoms with E-state index in [0.717, 1.165) is 41.4 Å². The fourth-order valence-corrected chi connectivity index (χ4v) is 3.49. The number of fused-ring (bicyclic) bond motifs is 1. The van der Waals surface area contributed by atoms with Gasteiger partial charge in [-0.3, -0.25) is 4.79 Å². The number of nitrogens with zero attached hydrogens (tertiary/aromatic N) is 3. The minimum Gasteiger partial charge on any atom is -0.322 e. The molecule has 5 nitrogen and oxygen atoms in total. The first-order valence-corrected chi connectivity index (χ1v) is 9.61. The second-order valence-corrected chi connectivity index (χ2v) is 7.15. The largest absolute Gasteiger partial charge is 0.322 e. The summed E-state index contributed by atoms with van der Waals surface area (Å²) in [5.41, 5.74) is 3.60. The van der Waals surface area contributed by atoms with Crippen molar-refractivity contribution >= 4 is 11.6 Å². The molecule has 1 N–H and O–H groups in total. The van der Waals surface area contributed by atoms with Gasteiger partial charge < -0.3 is 9.88 Å². The number of benzene rings is 2. The number of rotatable bonds is 3. The first kappa shape index (κ1) is 17.5. The highest BCUT2D eigenvalue weighted by Gasteiger charge is 2.15. The number of carbonyl (C=O) groups is 1. The summed E-state index contributed by atoms with van der Waals surface area (Å²) in [6.45, 7) is 2.98. The molecule has 0 bridgehead atoms.